The highest BCUT2D eigenvalue weighted by Gasteiger charge is 2.15. The van der Waals surface area contributed by atoms with Gasteiger partial charge in [-0.1, -0.05) is 25.8 Å². The standard InChI is InChI=1S/C17H24N2/c1-13-3-2-4-16(7-5-13)19-12-14-6-8-17-15(11-14)9-10-18-17/h6,8-11,13,16,18-19H,2-5,7,12H2,1H3. The maximum Gasteiger partial charge on any atom is 0.0454 e. The van der Waals surface area contributed by atoms with Crippen molar-refractivity contribution in [2.45, 2.75) is 51.6 Å². The maximum atomic E-state index is 3.75. The summed E-state index contributed by atoms with van der Waals surface area (Å²) in [4.78, 5) is 3.24. The predicted octanol–water partition coefficient (Wildman–Crippen LogP) is 4.23. The lowest BCUT2D eigenvalue weighted by molar-refractivity contribution is 0.447. The molecule has 0 aliphatic heterocycles. The monoisotopic (exact) mass is 256 g/mol. The van der Waals surface area contributed by atoms with Crippen molar-refractivity contribution in [2.24, 2.45) is 5.92 Å². The summed E-state index contributed by atoms with van der Waals surface area (Å²) in [5, 5.41) is 5.06. The first kappa shape index (κ1) is 12.7. The fourth-order valence-electron chi connectivity index (χ4n) is 3.17. The van der Waals surface area contributed by atoms with Crippen molar-refractivity contribution in [3.63, 3.8) is 0 Å². The number of hydrogen-bond acceptors (Lipinski definition) is 1. The molecular formula is C17H24N2. The molecule has 2 unspecified atom stereocenters. The van der Waals surface area contributed by atoms with Gasteiger partial charge < -0.3 is 10.3 Å². The summed E-state index contributed by atoms with van der Waals surface area (Å²) in [6, 6.07) is 9.56. The summed E-state index contributed by atoms with van der Waals surface area (Å²) >= 11 is 0. The van der Waals surface area contributed by atoms with Gasteiger partial charge >= 0.3 is 0 Å². The third kappa shape index (κ3) is 3.19. The second kappa shape index (κ2) is 5.79. The first-order valence-corrected chi connectivity index (χ1v) is 7.60. The number of hydrogen-bond donors (Lipinski definition) is 2. The minimum absolute atomic E-state index is 0.715. The van der Waals surface area contributed by atoms with Crippen molar-refractivity contribution in [2.75, 3.05) is 0 Å². The molecule has 1 heterocycles. The zero-order valence-corrected chi connectivity index (χ0v) is 11.8. The van der Waals surface area contributed by atoms with Gasteiger partial charge in [0.2, 0.25) is 0 Å². The van der Waals surface area contributed by atoms with E-state index in [1.807, 2.05) is 6.20 Å². The average Bonchev–Trinajstić information content (AvgIpc) is 2.79. The third-order valence-electron chi connectivity index (χ3n) is 4.47. The lowest BCUT2D eigenvalue weighted by atomic mass is 10.0. The summed E-state index contributed by atoms with van der Waals surface area (Å²) in [6.07, 6.45) is 8.87. The Balaban J connectivity index is 1.58. The molecule has 1 aromatic heterocycles. The van der Waals surface area contributed by atoms with Crippen LogP contribution in [0.4, 0.5) is 0 Å². The molecule has 1 saturated carbocycles. The minimum Gasteiger partial charge on any atom is -0.361 e. The summed E-state index contributed by atoms with van der Waals surface area (Å²) in [5.74, 6) is 0.919. The van der Waals surface area contributed by atoms with Crippen molar-refractivity contribution in [3.05, 3.63) is 36.0 Å². The van der Waals surface area contributed by atoms with Crippen molar-refractivity contribution in [1.29, 1.82) is 0 Å². The molecule has 2 aromatic rings. The number of aromatic amines is 1. The molecular weight excluding hydrogens is 232 g/mol. The molecule has 0 radical (unpaired) electrons. The molecule has 1 aromatic carbocycles. The molecule has 19 heavy (non-hydrogen) atoms. The van der Waals surface area contributed by atoms with Crippen LogP contribution in [-0.2, 0) is 6.54 Å². The molecule has 2 heteroatoms. The second-order valence-electron chi connectivity index (χ2n) is 6.09. The first-order valence-electron chi connectivity index (χ1n) is 7.60. The number of fused-ring (bicyclic) bond motifs is 1. The van der Waals surface area contributed by atoms with Crippen LogP contribution in [-0.4, -0.2) is 11.0 Å². The van der Waals surface area contributed by atoms with Crippen molar-refractivity contribution in [1.82, 2.24) is 10.3 Å². The molecule has 1 aliphatic carbocycles. The van der Waals surface area contributed by atoms with Gasteiger partial charge in [-0.15, -0.1) is 0 Å². The fourth-order valence-corrected chi connectivity index (χ4v) is 3.17. The SMILES string of the molecule is CC1CCCC(NCc2ccc3[nH]ccc3c2)CC1. The van der Waals surface area contributed by atoms with Gasteiger partial charge in [0, 0.05) is 24.3 Å². The van der Waals surface area contributed by atoms with Crippen molar-refractivity contribution < 1.29 is 0 Å². The van der Waals surface area contributed by atoms with Gasteiger partial charge in [0.25, 0.3) is 0 Å². The van der Waals surface area contributed by atoms with Gasteiger partial charge in [-0.25, -0.2) is 0 Å². The smallest absolute Gasteiger partial charge is 0.0454 e. The largest absolute Gasteiger partial charge is 0.361 e. The topological polar surface area (TPSA) is 27.8 Å². The Kier molecular flexibility index (Phi) is 3.88. The summed E-state index contributed by atoms with van der Waals surface area (Å²) in [7, 11) is 0. The Morgan fingerprint density at radius 3 is 3.05 bits per heavy atom. The molecule has 2 N–H and O–H groups in total. The highest BCUT2D eigenvalue weighted by atomic mass is 14.9. The Morgan fingerprint density at radius 2 is 2.11 bits per heavy atom. The van der Waals surface area contributed by atoms with Crippen LogP contribution in [0.3, 0.4) is 0 Å². The van der Waals surface area contributed by atoms with Crippen molar-refractivity contribution >= 4 is 10.9 Å². The van der Waals surface area contributed by atoms with E-state index in [9.17, 15) is 0 Å². The molecule has 0 saturated heterocycles. The highest BCUT2D eigenvalue weighted by Crippen LogP contribution is 2.23. The van der Waals surface area contributed by atoms with E-state index in [2.05, 4.69) is 41.5 Å². The van der Waals surface area contributed by atoms with Gasteiger partial charge in [-0.2, -0.15) is 0 Å². The van der Waals surface area contributed by atoms with E-state index in [0.29, 0.717) is 6.04 Å². The Labute approximate surface area is 115 Å². The summed E-state index contributed by atoms with van der Waals surface area (Å²) < 4.78 is 0. The summed E-state index contributed by atoms with van der Waals surface area (Å²) in [5.41, 5.74) is 2.62. The number of rotatable bonds is 3. The first-order chi connectivity index (χ1) is 9.31. The number of benzene rings is 1. The van der Waals surface area contributed by atoms with Crippen LogP contribution in [0.15, 0.2) is 30.5 Å². The van der Waals surface area contributed by atoms with Crippen LogP contribution < -0.4 is 5.32 Å². The van der Waals surface area contributed by atoms with E-state index in [4.69, 9.17) is 0 Å². The van der Waals surface area contributed by atoms with Gasteiger partial charge in [0.05, 0.1) is 0 Å². The van der Waals surface area contributed by atoms with Crippen LogP contribution in [0.25, 0.3) is 10.9 Å². The molecule has 0 bridgehead atoms. The Morgan fingerprint density at radius 1 is 1.16 bits per heavy atom. The zero-order chi connectivity index (χ0) is 13.1. The molecule has 2 nitrogen and oxygen atoms in total. The Bertz CT molecular complexity index is 529. The van der Waals surface area contributed by atoms with Gasteiger partial charge in [0.15, 0.2) is 0 Å². The Hall–Kier alpha value is -1.28. The lowest BCUT2D eigenvalue weighted by Gasteiger charge is -2.16. The van der Waals surface area contributed by atoms with Crippen LogP contribution in [0, 0.1) is 5.92 Å². The zero-order valence-electron chi connectivity index (χ0n) is 11.8. The minimum atomic E-state index is 0.715. The average molecular weight is 256 g/mol. The predicted molar refractivity (Wildman–Crippen MR) is 81.2 cm³/mol. The van der Waals surface area contributed by atoms with Crippen LogP contribution >= 0.6 is 0 Å². The van der Waals surface area contributed by atoms with Crippen molar-refractivity contribution in [3.8, 4) is 0 Å². The highest BCUT2D eigenvalue weighted by molar-refractivity contribution is 5.79. The molecule has 102 valence electrons. The number of nitrogens with one attached hydrogen (secondary N) is 2. The molecule has 3 rings (SSSR count). The van der Waals surface area contributed by atoms with Crippen LogP contribution in [0.1, 0.15) is 44.6 Å². The number of aromatic nitrogens is 1. The van der Waals surface area contributed by atoms with Gasteiger partial charge in [-0.05, 0) is 54.3 Å². The van der Waals surface area contributed by atoms with Gasteiger partial charge in [-0.3, -0.25) is 0 Å². The van der Waals surface area contributed by atoms with E-state index >= 15 is 0 Å². The third-order valence-corrected chi connectivity index (χ3v) is 4.47. The molecule has 1 aliphatic rings. The quantitative estimate of drug-likeness (QED) is 0.790. The van der Waals surface area contributed by atoms with Crippen LogP contribution in [0.5, 0.6) is 0 Å². The van der Waals surface area contributed by atoms with Gasteiger partial charge in [0.1, 0.15) is 0 Å². The van der Waals surface area contributed by atoms with E-state index in [0.717, 1.165) is 12.5 Å². The van der Waals surface area contributed by atoms with Crippen LogP contribution in [0.2, 0.25) is 0 Å². The summed E-state index contributed by atoms with van der Waals surface area (Å²) in [6.45, 7) is 3.39. The molecule has 1 fully saturated rings. The van der Waals surface area contributed by atoms with E-state index in [1.165, 1.54) is 48.6 Å². The second-order valence-corrected chi connectivity index (χ2v) is 6.09. The van der Waals surface area contributed by atoms with E-state index in [-0.39, 0.29) is 0 Å². The normalized spacial score (nSPS) is 24.5. The molecule has 0 spiro atoms. The lowest BCUT2D eigenvalue weighted by Crippen LogP contribution is -2.27. The molecule has 2 atom stereocenters. The fraction of sp³-hybridized carbons (Fsp3) is 0.529. The molecule has 0 amide bonds. The maximum absolute atomic E-state index is 3.75. The van der Waals surface area contributed by atoms with E-state index in [1.54, 1.807) is 0 Å². The number of H-pyrrole nitrogens is 1. The van der Waals surface area contributed by atoms with E-state index < -0.39 is 0 Å².